The maximum Gasteiger partial charge on any atom is 0.314 e. The van der Waals surface area contributed by atoms with Crippen LogP contribution in [-0.4, -0.2) is 29.7 Å². The molecule has 0 aromatic rings. The Bertz CT molecular complexity index is 220. The van der Waals surface area contributed by atoms with Crippen LogP contribution in [0.4, 0.5) is 0 Å². The van der Waals surface area contributed by atoms with Crippen molar-refractivity contribution in [1.82, 2.24) is 0 Å². The summed E-state index contributed by atoms with van der Waals surface area (Å²) in [6.07, 6.45) is 1.71. The average molecular weight is 282 g/mol. The van der Waals surface area contributed by atoms with Crippen LogP contribution in [0.15, 0.2) is 0 Å². The van der Waals surface area contributed by atoms with Crippen molar-refractivity contribution in [3.63, 3.8) is 0 Å². The quantitative estimate of drug-likeness (QED) is 0.433. The first-order valence-electron chi connectivity index (χ1n) is 3.95. The summed E-state index contributed by atoms with van der Waals surface area (Å²) in [7, 11) is 1.44. The fourth-order valence-electron chi connectivity index (χ4n) is 2.23. The van der Waals surface area contributed by atoms with Crippen molar-refractivity contribution in [2.24, 2.45) is 5.41 Å². The van der Waals surface area contributed by atoms with Crippen LogP contribution in [0.2, 0.25) is 0 Å². The predicted octanol–water partition coefficient (Wildman–Crippen LogP) is 1.14. The number of esters is 1. The lowest BCUT2D eigenvalue weighted by Crippen LogP contribution is -2.50. The van der Waals surface area contributed by atoms with E-state index in [0.717, 1.165) is 17.3 Å². The van der Waals surface area contributed by atoms with Gasteiger partial charge < -0.3 is 9.47 Å². The zero-order valence-corrected chi connectivity index (χ0v) is 9.09. The Kier molecular flexibility index (Phi) is 1.87. The molecule has 0 aromatic heterocycles. The van der Waals surface area contributed by atoms with E-state index in [1.807, 2.05) is 0 Å². The van der Waals surface area contributed by atoms with Crippen LogP contribution in [0.1, 0.15) is 12.8 Å². The summed E-state index contributed by atoms with van der Waals surface area (Å²) in [6.45, 7) is 0.558. The Labute approximate surface area is 84.9 Å². The van der Waals surface area contributed by atoms with Gasteiger partial charge in [0.2, 0.25) is 0 Å². The Morgan fingerprint density at radius 3 is 2.75 bits per heavy atom. The number of alkyl halides is 1. The molecule has 1 aliphatic carbocycles. The monoisotopic (exact) mass is 282 g/mol. The zero-order chi connectivity index (χ0) is 8.82. The highest BCUT2D eigenvalue weighted by molar-refractivity contribution is 14.1. The van der Waals surface area contributed by atoms with Gasteiger partial charge in [0.05, 0.1) is 24.7 Å². The molecule has 0 N–H and O–H groups in total. The number of halogens is 1. The van der Waals surface area contributed by atoms with Crippen molar-refractivity contribution in [1.29, 1.82) is 0 Å². The van der Waals surface area contributed by atoms with Gasteiger partial charge >= 0.3 is 5.97 Å². The van der Waals surface area contributed by atoms with Crippen LogP contribution in [0.3, 0.4) is 0 Å². The minimum Gasteiger partial charge on any atom is -0.469 e. The van der Waals surface area contributed by atoms with Gasteiger partial charge in [0.1, 0.15) is 0 Å². The molecule has 3 aliphatic rings. The number of rotatable bonds is 2. The van der Waals surface area contributed by atoms with Crippen molar-refractivity contribution in [3.8, 4) is 0 Å². The van der Waals surface area contributed by atoms with Gasteiger partial charge in [0.15, 0.2) is 0 Å². The van der Waals surface area contributed by atoms with Gasteiger partial charge in [0, 0.05) is 4.43 Å². The molecule has 68 valence electrons. The minimum absolute atomic E-state index is 0.00868. The van der Waals surface area contributed by atoms with Gasteiger partial charge in [0.25, 0.3) is 0 Å². The lowest BCUT2D eigenvalue weighted by Gasteiger charge is -2.41. The summed E-state index contributed by atoms with van der Waals surface area (Å²) in [5.41, 5.74) is -0.269. The highest BCUT2D eigenvalue weighted by Crippen LogP contribution is 2.58. The molecule has 0 amide bonds. The fourth-order valence-corrected chi connectivity index (χ4v) is 2.99. The third-order valence-corrected chi connectivity index (χ3v) is 4.23. The highest BCUT2D eigenvalue weighted by Gasteiger charge is 2.66. The number of methoxy groups -OCH3 is 1. The van der Waals surface area contributed by atoms with E-state index >= 15 is 0 Å². The van der Waals surface area contributed by atoms with Gasteiger partial charge in [-0.3, -0.25) is 4.79 Å². The first-order chi connectivity index (χ1) is 5.66. The second kappa shape index (κ2) is 2.57. The van der Waals surface area contributed by atoms with Crippen LogP contribution in [0, 0.1) is 5.41 Å². The number of hydrogen-bond donors (Lipinski definition) is 0. The van der Waals surface area contributed by atoms with Gasteiger partial charge in [-0.1, -0.05) is 22.6 Å². The number of ether oxygens (including phenoxy) is 2. The number of carbonyl (C=O) groups excluding carboxylic acids is 1. The van der Waals surface area contributed by atoms with E-state index in [-0.39, 0.29) is 17.0 Å². The molecule has 3 nitrogen and oxygen atoms in total. The van der Waals surface area contributed by atoms with Crippen molar-refractivity contribution >= 4 is 28.6 Å². The van der Waals surface area contributed by atoms with Crippen molar-refractivity contribution in [2.45, 2.75) is 18.4 Å². The number of fused-ring (bicyclic) bond motifs is 1. The van der Waals surface area contributed by atoms with Crippen LogP contribution < -0.4 is 0 Å². The largest absolute Gasteiger partial charge is 0.469 e. The van der Waals surface area contributed by atoms with Crippen LogP contribution >= 0.6 is 22.6 Å². The predicted molar refractivity (Wildman–Crippen MR) is 51.3 cm³/mol. The molecule has 0 atom stereocenters. The SMILES string of the molecule is COC(=O)C12COC(CI)(C1)C2. The molecule has 1 saturated carbocycles. The van der Waals surface area contributed by atoms with E-state index in [4.69, 9.17) is 9.47 Å². The Morgan fingerprint density at radius 2 is 2.33 bits per heavy atom. The third-order valence-electron chi connectivity index (χ3n) is 2.84. The van der Waals surface area contributed by atoms with Gasteiger partial charge in [-0.05, 0) is 12.8 Å². The summed E-state index contributed by atoms with van der Waals surface area (Å²) < 4.78 is 11.3. The zero-order valence-electron chi connectivity index (χ0n) is 6.93. The molecule has 4 heteroatoms. The van der Waals surface area contributed by atoms with Gasteiger partial charge in [-0.25, -0.2) is 0 Å². The Morgan fingerprint density at radius 1 is 1.67 bits per heavy atom. The lowest BCUT2D eigenvalue weighted by molar-refractivity contribution is -0.156. The minimum atomic E-state index is -0.278. The van der Waals surface area contributed by atoms with Gasteiger partial charge in [-0.2, -0.15) is 0 Å². The molecular weight excluding hydrogens is 271 g/mol. The normalized spacial score (nSPS) is 43.8. The molecule has 2 aliphatic heterocycles. The first kappa shape index (κ1) is 8.74. The molecule has 2 bridgehead atoms. The van der Waals surface area contributed by atoms with Crippen LogP contribution in [0.5, 0.6) is 0 Å². The molecule has 2 saturated heterocycles. The summed E-state index contributed by atoms with van der Waals surface area (Å²) in [5, 5.41) is 0. The molecule has 3 fully saturated rings. The van der Waals surface area contributed by atoms with Crippen molar-refractivity contribution in [2.75, 3.05) is 18.1 Å². The molecular formula is C8H11IO3. The lowest BCUT2D eigenvalue weighted by atomic mass is 9.63. The topological polar surface area (TPSA) is 35.5 Å². The fraction of sp³-hybridized carbons (Fsp3) is 0.875. The van der Waals surface area contributed by atoms with E-state index in [1.165, 1.54) is 7.11 Å². The number of carbonyl (C=O) groups is 1. The maximum absolute atomic E-state index is 11.3. The van der Waals surface area contributed by atoms with Crippen molar-refractivity contribution < 1.29 is 14.3 Å². The number of hydrogen-bond acceptors (Lipinski definition) is 3. The molecule has 0 aromatic carbocycles. The maximum atomic E-state index is 11.3. The highest BCUT2D eigenvalue weighted by atomic mass is 127. The third kappa shape index (κ3) is 0.937. The smallest absolute Gasteiger partial charge is 0.314 e. The Hall–Kier alpha value is 0.160. The Balaban J connectivity index is 2.09. The molecule has 0 unspecified atom stereocenters. The second-order valence-corrected chi connectivity index (χ2v) is 4.49. The summed E-state index contributed by atoms with van der Waals surface area (Å²) in [4.78, 5) is 11.3. The van der Waals surface area contributed by atoms with Crippen LogP contribution in [0.25, 0.3) is 0 Å². The van der Waals surface area contributed by atoms with E-state index in [0.29, 0.717) is 6.61 Å². The molecule has 3 rings (SSSR count). The molecule has 12 heavy (non-hydrogen) atoms. The van der Waals surface area contributed by atoms with E-state index in [9.17, 15) is 4.79 Å². The van der Waals surface area contributed by atoms with Crippen molar-refractivity contribution in [3.05, 3.63) is 0 Å². The first-order valence-corrected chi connectivity index (χ1v) is 5.47. The molecule has 2 heterocycles. The molecule has 0 spiro atoms. The second-order valence-electron chi connectivity index (χ2n) is 3.73. The van der Waals surface area contributed by atoms with E-state index in [2.05, 4.69) is 22.6 Å². The standard InChI is InChI=1S/C8H11IO3/c1-11-6(10)7-2-8(3-7,4-9)12-5-7/h2-5H2,1H3. The summed E-state index contributed by atoms with van der Waals surface area (Å²) in [6, 6.07) is 0. The summed E-state index contributed by atoms with van der Waals surface area (Å²) in [5.74, 6) is -0.0968. The average Bonchev–Trinajstić information content (AvgIpc) is 2.57. The van der Waals surface area contributed by atoms with Crippen LogP contribution in [-0.2, 0) is 14.3 Å². The molecule has 0 radical (unpaired) electrons. The summed E-state index contributed by atoms with van der Waals surface area (Å²) >= 11 is 2.31. The van der Waals surface area contributed by atoms with E-state index < -0.39 is 0 Å². The van der Waals surface area contributed by atoms with E-state index in [1.54, 1.807) is 0 Å². The van der Waals surface area contributed by atoms with Gasteiger partial charge in [-0.15, -0.1) is 0 Å².